The molecule has 0 radical (unpaired) electrons. The third kappa shape index (κ3) is 2.06. The van der Waals surface area contributed by atoms with Gasteiger partial charge in [0.25, 0.3) is 0 Å². The van der Waals surface area contributed by atoms with Crippen LogP contribution in [0.2, 0.25) is 0 Å². The maximum Gasteiger partial charge on any atom is 0.170 e. The summed E-state index contributed by atoms with van der Waals surface area (Å²) in [4.78, 5) is 0.937. The monoisotopic (exact) mass is 268 g/mol. The SMILES string of the molecule is CN1CCC(N)CC1(c1ccccc1)S(C)(=O)=O. The van der Waals surface area contributed by atoms with Crippen LogP contribution in [0.15, 0.2) is 30.3 Å². The van der Waals surface area contributed by atoms with Crippen LogP contribution < -0.4 is 5.73 Å². The van der Waals surface area contributed by atoms with Crippen molar-refractivity contribution >= 4 is 9.84 Å². The van der Waals surface area contributed by atoms with Crippen LogP contribution in [0.4, 0.5) is 0 Å². The van der Waals surface area contributed by atoms with Crippen LogP contribution in [0.1, 0.15) is 18.4 Å². The Balaban J connectivity index is 2.61. The molecular weight excluding hydrogens is 248 g/mol. The normalized spacial score (nSPS) is 30.3. The molecule has 2 N–H and O–H groups in total. The molecule has 0 aromatic heterocycles. The third-order valence-corrected chi connectivity index (χ3v) is 5.77. The number of nitrogens with zero attached hydrogens (tertiary/aromatic N) is 1. The molecule has 2 rings (SSSR count). The van der Waals surface area contributed by atoms with Gasteiger partial charge in [-0.05, 0) is 25.5 Å². The van der Waals surface area contributed by atoms with Crippen molar-refractivity contribution in [2.75, 3.05) is 19.8 Å². The number of rotatable bonds is 2. The highest BCUT2D eigenvalue weighted by Gasteiger charge is 2.49. The molecule has 1 aromatic rings. The summed E-state index contributed by atoms with van der Waals surface area (Å²) in [5, 5.41) is 0. The van der Waals surface area contributed by atoms with Gasteiger partial charge < -0.3 is 5.73 Å². The summed E-state index contributed by atoms with van der Waals surface area (Å²) in [6, 6.07) is 9.30. The Kier molecular flexibility index (Phi) is 3.49. The van der Waals surface area contributed by atoms with Crippen LogP contribution in [-0.4, -0.2) is 39.2 Å². The molecule has 1 saturated heterocycles. The first-order chi connectivity index (χ1) is 8.38. The molecule has 0 aliphatic carbocycles. The van der Waals surface area contributed by atoms with Gasteiger partial charge in [-0.1, -0.05) is 30.3 Å². The van der Waals surface area contributed by atoms with Crippen molar-refractivity contribution in [3.05, 3.63) is 35.9 Å². The van der Waals surface area contributed by atoms with E-state index in [1.165, 1.54) is 6.26 Å². The first-order valence-corrected chi connectivity index (χ1v) is 7.99. The molecule has 1 aliphatic heterocycles. The summed E-state index contributed by atoms with van der Waals surface area (Å²) < 4.78 is 24.7. The lowest BCUT2D eigenvalue weighted by Crippen LogP contribution is -2.57. The lowest BCUT2D eigenvalue weighted by Gasteiger charge is -2.46. The minimum absolute atomic E-state index is 0.0730. The highest BCUT2D eigenvalue weighted by Crippen LogP contribution is 2.40. The molecule has 2 unspecified atom stereocenters. The molecule has 1 heterocycles. The van der Waals surface area contributed by atoms with Crippen molar-refractivity contribution in [2.45, 2.75) is 23.8 Å². The molecule has 0 spiro atoms. The number of benzene rings is 1. The van der Waals surface area contributed by atoms with Crippen LogP contribution in [-0.2, 0) is 14.7 Å². The van der Waals surface area contributed by atoms with Crippen LogP contribution >= 0.6 is 0 Å². The van der Waals surface area contributed by atoms with Gasteiger partial charge >= 0.3 is 0 Å². The molecule has 1 aromatic carbocycles. The van der Waals surface area contributed by atoms with E-state index in [2.05, 4.69) is 0 Å². The molecule has 2 atom stereocenters. The van der Waals surface area contributed by atoms with Crippen molar-refractivity contribution in [1.29, 1.82) is 0 Å². The Bertz CT molecular complexity index is 515. The standard InChI is InChI=1S/C13H20N2O2S/c1-15-9-8-12(14)10-13(15,18(2,16)17)11-6-4-3-5-7-11/h3-7,12H,8-10,14H2,1-2H3. The quantitative estimate of drug-likeness (QED) is 0.867. The van der Waals surface area contributed by atoms with Gasteiger partial charge in [0.05, 0.1) is 0 Å². The average Bonchev–Trinajstić information content (AvgIpc) is 2.32. The fraction of sp³-hybridized carbons (Fsp3) is 0.538. The molecule has 100 valence electrons. The third-order valence-electron chi connectivity index (χ3n) is 3.83. The Morgan fingerprint density at radius 2 is 1.94 bits per heavy atom. The van der Waals surface area contributed by atoms with Crippen molar-refractivity contribution in [3.63, 3.8) is 0 Å². The van der Waals surface area contributed by atoms with Gasteiger partial charge in [0.1, 0.15) is 0 Å². The van der Waals surface area contributed by atoms with E-state index >= 15 is 0 Å². The van der Waals surface area contributed by atoms with Gasteiger partial charge in [-0.15, -0.1) is 0 Å². The van der Waals surface area contributed by atoms with Crippen molar-refractivity contribution in [1.82, 2.24) is 4.90 Å². The minimum Gasteiger partial charge on any atom is -0.328 e. The van der Waals surface area contributed by atoms with E-state index in [0.717, 1.165) is 12.0 Å². The molecule has 18 heavy (non-hydrogen) atoms. The zero-order valence-corrected chi connectivity index (χ0v) is 11.7. The molecule has 1 fully saturated rings. The Morgan fingerprint density at radius 3 is 2.50 bits per heavy atom. The topological polar surface area (TPSA) is 63.4 Å². The van der Waals surface area contributed by atoms with Crippen molar-refractivity contribution < 1.29 is 8.42 Å². The first-order valence-electron chi connectivity index (χ1n) is 6.10. The van der Waals surface area contributed by atoms with E-state index in [-0.39, 0.29) is 6.04 Å². The Hall–Kier alpha value is -0.910. The number of hydrogen-bond acceptors (Lipinski definition) is 4. The summed E-state index contributed by atoms with van der Waals surface area (Å²) in [5.41, 5.74) is 6.83. The number of hydrogen-bond donors (Lipinski definition) is 1. The zero-order valence-electron chi connectivity index (χ0n) is 10.8. The van der Waals surface area contributed by atoms with Crippen LogP contribution in [0, 0.1) is 0 Å². The fourth-order valence-electron chi connectivity index (χ4n) is 2.84. The fourth-order valence-corrected chi connectivity index (χ4v) is 4.58. The smallest absolute Gasteiger partial charge is 0.170 e. The summed E-state index contributed by atoms with van der Waals surface area (Å²) in [6.45, 7) is 0.698. The van der Waals surface area contributed by atoms with Gasteiger partial charge in [0, 0.05) is 18.8 Å². The van der Waals surface area contributed by atoms with Crippen molar-refractivity contribution in [3.8, 4) is 0 Å². The average molecular weight is 268 g/mol. The van der Waals surface area contributed by atoms with Gasteiger partial charge in [-0.2, -0.15) is 0 Å². The van der Waals surface area contributed by atoms with Gasteiger partial charge in [-0.25, -0.2) is 8.42 Å². The maximum atomic E-state index is 12.4. The predicted octanol–water partition coefficient (Wildman–Crippen LogP) is 0.937. The largest absolute Gasteiger partial charge is 0.328 e. The number of nitrogens with two attached hydrogens (primary N) is 1. The molecule has 1 aliphatic rings. The molecular formula is C13H20N2O2S. The minimum atomic E-state index is -3.28. The van der Waals surface area contributed by atoms with E-state index in [9.17, 15) is 8.42 Å². The molecule has 0 amide bonds. The zero-order chi connectivity index (χ0) is 13.4. The Morgan fingerprint density at radius 1 is 1.33 bits per heavy atom. The lowest BCUT2D eigenvalue weighted by atomic mass is 9.92. The van der Waals surface area contributed by atoms with Crippen molar-refractivity contribution in [2.24, 2.45) is 5.73 Å². The number of piperidine rings is 1. The summed E-state index contributed by atoms with van der Waals surface area (Å²) in [5.74, 6) is 0. The predicted molar refractivity (Wildman–Crippen MR) is 72.8 cm³/mol. The first kappa shape index (κ1) is 13.5. The van der Waals surface area contributed by atoms with Crippen LogP contribution in [0.5, 0.6) is 0 Å². The van der Waals surface area contributed by atoms with E-state index in [1.807, 2.05) is 42.3 Å². The van der Waals surface area contributed by atoms with E-state index in [0.29, 0.717) is 13.0 Å². The van der Waals surface area contributed by atoms with Gasteiger partial charge in [-0.3, -0.25) is 4.90 Å². The summed E-state index contributed by atoms with van der Waals surface area (Å²) in [6.07, 6.45) is 2.58. The highest BCUT2D eigenvalue weighted by atomic mass is 32.2. The maximum absolute atomic E-state index is 12.4. The van der Waals surface area contributed by atoms with E-state index in [1.54, 1.807) is 0 Å². The van der Waals surface area contributed by atoms with E-state index in [4.69, 9.17) is 5.73 Å². The molecule has 5 heteroatoms. The molecule has 4 nitrogen and oxygen atoms in total. The van der Waals surface area contributed by atoms with Gasteiger partial charge in [0.15, 0.2) is 14.7 Å². The van der Waals surface area contributed by atoms with Crippen LogP contribution in [0.3, 0.4) is 0 Å². The second kappa shape index (κ2) is 4.64. The molecule has 0 bridgehead atoms. The molecule has 0 saturated carbocycles. The van der Waals surface area contributed by atoms with E-state index < -0.39 is 14.7 Å². The summed E-state index contributed by atoms with van der Waals surface area (Å²) >= 11 is 0. The van der Waals surface area contributed by atoms with Gasteiger partial charge in [0.2, 0.25) is 0 Å². The lowest BCUT2D eigenvalue weighted by molar-refractivity contribution is 0.131. The second-order valence-corrected chi connectivity index (χ2v) is 7.32. The second-order valence-electron chi connectivity index (χ2n) is 5.10. The number of likely N-dealkylation sites (tertiary alicyclic amines) is 1. The number of sulfone groups is 1. The Labute approximate surface area is 109 Å². The van der Waals surface area contributed by atoms with Crippen LogP contribution in [0.25, 0.3) is 0 Å². The summed E-state index contributed by atoms with van der Waals surface area (Å²) in [7, 11) is -1.42. The highest BCUT2D eigenvalue weighted by molar-refractivity contribution is 7.91.